The number of benzene rings is 1. The molecule has 0 spiro atoms. The Morgan fingerprint density at radius 3 is 2.76 bits per heavy atom. The first-order valence-electron chi connectivity index (χ1n) is 10.5. The van der Waals surface area contributed by atoms with E-state index < -0.39 is 28.5 Å². The van der Waals surface area contributed by atoms with E-state index in [0.717, 1.165) is 5.69 Å². The van der Waals surface area contributed by atoms with Crippen LogP contribution in [-0.4, -0.2) is 56.4 Å². The van der Waals surface area contributed by atoms with Gasteiger partial charge in [0.15, 0.2) is 6.20 Å². The summed E-state index contributed by atoms with van der Waals surface area (Å²) in [6.07, 6.45) is 1.95. The molecule has 0 radical (unpaired) electrons. The number of hydrogen-bond donors (Lipinski definition) is 2. The summed E-state index contributed by atoms with van der Waals surface area (Å²) < 4.78 is 46.7. The Labute approximate surface area is 203 Å². The average Bonchev–Trinajstić information content (AvgIpc) is 3.37. The highest BCUT2D eigenvalue weighted by Gasteiger charge is 2.34. The standard InChI is InChI=1S/C20H29N6O6S2/c1-14(18-21-13-25-12-17(20(2,3)4)23-26(18)25)24-34(29)31-10-9-22-33(28)32-16-8-6-7-15(11-16)19(27)30-5/h6-8,11-12,14,22,24H,9-10,13H2,1-5H3/q+1. The fourth-order valence-corrected chi connectivity index (χ4v) is 4.19. The van der Waals surface area contributed by atoms with Gasteiger partial charge in [-0.05, 0) is 25.1 Å². The van der Waals surface area contributed by atoms with E-state index in [9.17, 15) is 13.2 Å². The number of aliphatic imine (C=N–C) groups is 1. The van der Waals surface area contributed by atoms with Crippen molar-refractivity contribution >= 4 is 34.3 Å². The number of carbonyl (C=O) groups is 1. The van der Waals surface area contributed by atoms with Crippen LogP contribution in [0, 0.1) is 0 Å². The van der Waals surface area contributed by atoms with Gasteiger partial charge in [-0.3, -0.25) is 4.18 Å². The Morgan fingerprint density at radius 1 is 1.29 bits per heavy atom. The van der Waals surface area contributed by atoms with Crippen molar-refractivity contribution in [3.8, 4) is 5.75 Å². The number of rotatable bonds is 11. The molecule has 1 aliphatic rings. The lowest BCUT2D eigenvalue weighted by Gasteiger charge is -2.11. The second-order valence-corrected chi connectivity index (χ2v) is 10.2. The summed E-state index contributed by atoms with van der Waals surface area (Å²) in [5.74, 6) is 0.341. The van der Waals surface area contributed by atoms with Gasteiger partial charge in [0.25, 0.3) is 11.3 Å². The number of hydrogen-bond acceptors (Lipinski definition) is 8. The van der Waals surface area contributed by atoms with Gasteiger partial charge < -0.3 is 8.92 Å². The van der Waals surface area contributed by atoms with Crippen LogP contribution in [-0.2, 0) is 43.5 Å². The van der Waals surface area contributed by atoms with E-state index in [0.29, 0.717) is 12.5 Å². The molecular formula is C20H29N6O6S2+. The molecule has 0 amide bonds. The topological polar surface area (TPSA) is 137 Å². The fraction of sp³-hybridized carbons (Fsp3) is 0.500. The molecule has 0 fully saturated rings. The van der Waals surface area contributed by atoms with Gasteiger partial charge in [-0.15, -0.1) is 4.68 Å². The molecule has 0 aliphatic carbocycles. The van der Waals surface area contributed by atoms with Gasteiger partial charge in [-0.1, -0.05) is 26.8 Å². The maximum atomic E-state index is 12.3. The van der Waals surface area contributed by atoms with Crippen LogP contribution in [0.1, 0.15) is 43.7 Å². The number of carbonyl (C=O) groups excluding carboxylic acids is 1. The molecular weight excluding hydrogens is 484 g/mol. The van der Waals surface area contributed by atoms with Crippen molar-refractivity contribution in [2.24, 2.45) is 4.99 Å². The minimum atomic E-state index is -1.89. The average molecular weight is 514 g/mol. The highest BCUT2D eigenvalue weighted by Crippen LogP contribution is 2.19. The number of nitrogens with one attached hydrogen (secondary N) is 2. The molecule has 34 heavy (non-hydrogen) atoms. The van der Waals surface area contributed by atoms with E-state index in [-0.39, 0.29) is 35.9 Å². The Morgan fingerprint density at radius 2 is 2.06 bits per heavy atom. The van der Waals surface area contributed by atoms with Crippen molar-refractivity contribution in [3.63, 3.8) is 0 Å². The first kappa shape index (κ1) is 26.1. The minimum absolute atomic E-state index is 0.00600. The summed E-state index contributed by atoms with van der Waals surface area (Å²) in [5.41, 5.74) is 1.11. The Kier molecular flexibility index (Phi) is 8.65. The number of aromatic nitrogens is 3. The van der Waals surface area contributed by atoms with E-state index in [1.807, 2.05) is 17.8 Å². The second-order valence-electron chi connectivity index (χ2n) is 8.38. The van der Waals surface area contributed by atoms with Crippen LogP contribution in [0.5, 0.6) is 5.75 Å². The van der Waals surface area contributed by atoms with Crippen molar-refractivity contribution in [1.29, 1.82) is 0 Å². The zero-order valence-electron chi connectivity index (χ0n) is 19.6. The first-order valence-corrected chi connectivity index (χ1v) is 12.6. The molecule has 1 aromatic carbocycles. The SMILES string of the molecule is COC(=O)c1cccc(OS(=O)NCCOS(=O)NC(C)C2=NC[n+]3cc(C(C)(C)C)nn32)c1. The third-order valence-electron chi connectivity index (χ3n) is 4.67. The predicted molar refractivity (Wildman–Crippen MR) is 125 cm³/mol. The van der Waals surface area contributed by atoms with E-state index in [1.165, 1.54) is 13.2 Å². The molecule has 186 valence electrons. The van der Waals surface area contributed by atoms with E-state index in [1.54, 1.807) is 23.0 Å². The summed E-state index contributed by atoms with van der Waals surface area (Å²) in [7, 11) is 1.27. The van der Waals surface area contributed by atoms with Gasteiger partial charge >= 0.3 is 5.97 Å². The van der Waals surface area contributed by atoms with Gasteiger partial charge in [0.1, 0.15) is 5.75 Å². The smallest absolute Gasteiger partial charge is 0.337 e. The Hall–Kier alpha value is -2.52. The van der Waals surface area contributed by atoms with Crippen LogP contribution in [0.4, 0.5) is 0 Å². The molecule has 2 heterocycles. The maximum absolute atomic E-state index is 12.3. The highest BCUT2D eigenvalue weighted by atomic mass is 32.2. The molecule has 1 aromatic heterocycles. The molecule has 1 aliphatic heterocycles. The molecule has 2 N–H and O–H groups in total. The van der Waals surface area contributed by atoms with Crippen LogP contribution in [0.25, 0.3) is 0 Å². The largest absolute Gasteiger partial charge is 0.465 e. The zero-order chi connectivity index (χ0) is 24.9. The molecule has 0 saturated carbocycles. The lowest BCUT2D eigenvalue weighted by atomic mass is 9.93. The Balaban J connectivity index is 1.40. The van der Waals surface area contributed by atoms with E-state index in [4.69, 9.17) is 8.37 Å². The lowest BCUT2D eigenvalue weighted by molar-refractivity contribution is -0.759. The zero-order valence-corrected chi connectivity index (χ0v) is 21.3. The van der Waals surface area contributed by atoms with Crippen LogP contribution in [0.15, 0.2) is 35.5 Å². The number of methoxy groups -OCH3 is 1. The third-order valence-corrected chi connectivity index (χ3v) is 6.38. The van der Waals surface area contributed by atoms with E-state index >= 15 is 0 Å². The van der Waals surface area contributed by atoms with Crippen LogP contribution in [0.2, 0.25) is 0 Å². The first-order chi connectivity index (χ1) is 16.1. The van der Waals surface area contributed by atoms with Crippen molar-refractivity contribution in [2.45, 2.75) is 45.8 Å². The molecule has 3 unspecified atom stereocenters. The van der Waals surface area contributed by atoms with Crippen LogP contribution in [0.3, 0.4) is 0 Å². The summed E-state index contributed by atoms with van der Waals surface area (Å²) in [4.78, 5) is 17.7. The number of nitrogens with zero attached hydrogens (tertiary/aromatic N) is 4. The number of fused-ring (bicyclic) bond motifs is 1. The molecule has 14 heteroatoms. The number of esters is 1. The third kappa shape index (κ3) is 6.76. The van der Waals surface area contributed by atoms with E-state index in [2.05, 4.69) is 45.0 Å². The fourth-order valence-electron chi connectivity index (χ4n) is 2.91. The van der Waals surface area contributed by atoms with Gasteiger partial charge in [-0.25, -0.2) is 23.4 Å². The van der Waals surface area contributed by atoms with Crippen molar-refractivity contribution in [3.05, 3.63) is 41.7 Å². The molecule has 3 rings (SSSR count). The van der Waals surface area contributed by atoms with Crippen molar-refractivity contribution in [2.75, 3.05) is 20.3 Å². The molecule has 0 bridgehead atoms. The van der Waals surface area contributed by atoms with Crippen molar-refractivity contribution in [1.82, 2.24) is 19.3 Å². The van der Waals surface area contributed by atoms with Gasteiger partial charge in [0.05, 0.1) is 30.4 Å². The van der Waals surface area contributed by atoms with Gasteiger partial charge in [0.2, 0.25) is 29.5 Å². The van der Waals surface area contributed by atoms with Crippen LogP contribution >= 0.6 is 0 Å². The molecule has 3 atom stereocenters. The summed E-state index contributed by atoms with van der Waals surface area (Å²) in [5, 5.41) is 4.61. The highest BCUT2D eigenvalue weighted by molar-refractivity contribution is 7.78. The Bertz CT molecular complexity index is 1110. The minimum Gasteiger partial charge on any atom is -0.465 e. The van der Waals surface area contributed by atoms with Crippen LogP contribution < -0.4 is 18.3 Å². The summed E-state index contributed by atoms with van der Waals surface area (Å²) in [6, 6.07) is 5.74. The molecule has 2 aromatic rings. The summed E-state index contributed by atoms with van der Waals surface area (Å²) >= 11 is -3.69. The molecule has 0 saturated heterocycles. The predicted octanol–water partition coefficient (Wildman–Crippen LogP) is 0.293. The van der Waals surface area contributed by atoms with Crippen molar-refractivity contribution < 1.29 is 31.0 Å². The number of ether oxygens (including phenoxy) is 1. The quantitative estimate of drug-likeness (QED) is 0.250. The van der Waals surface area contributed by atoms with Gasteiger partial charge in [0, 0.05) is 16.8 Å². The summed E-state index contributed by atoms with van der Waals surface area (Å²) in [6.45, 7) is 8.62. The molecule has 12 nitrogen and oxygen atoms in total. The lowest BCUT2D eigenvalue weighted by Crippen LogP contribution is -2.46. The van der Waals surface area contributed by atoms with Gasteiger partial charge in [-0.2, -0.15) is 4.21 Å². The maximum Gasteiger partial charge on any atom is 0.337 e. The normalized spacial score (nSPS) is 15.9. The second kappa shape index (κ2) is 11.3. The monoisotopic (exact) mass is 513 g/mol.